The fourth-order valence-electron chi connectivity index (χ4n) is 7.22. The molecule has 11 heteroatoms. The highest BCUT2D eigenvalue weighted by Crippen LogP contribution is 2.37. The molecular formula is C43H61BrO8S2. The molecule has 300 valence electrons. The molecule has 0 saturated heterocycles. The number of thiophene rings is 2. The summed E-state index contributed by atoms with van der Waals surface area (Å²) in [6, 6.07) is 6.30. The van der Waals surface area contributed by atoms with Crippen LogP contribution in [0, 0.1) is 37.5 Å². The Morgan fingerprint density at radius 2 is 1.31 bits per heavy atom. The Morgan fingerprint density at radius 1 is 0.778 bits per heavy atom. The van der Waals surface area contributed by atoms with Gasteiger partial charge in [-0.05, 0) is 149 Å². The van der Waals surface area contributed by atoms with Crippen molar-refractivity contribution in [3.8, 4) is 0 Å². The van der Waals surface area contributed by atoms with Crippen molar-refractivity contribution in [2.45, 2.75) is 135 Å². The average Bonchev–Trinajstić information content (AvgIpc) is 3.88. The highest BCUT2D eigenvalue weighted by atomic mass is 79.9. The van der Waals surface area contributed by atoms with Crippen LogP contribution in [-0.2, 0) is 22.4 Å². The van der Waals surface area contributed by atoms with E-state index in [2.05, 4.69) is 72.3 Å². The van der Waals surface area contributed by atoms with Gasteiger partial charge in [0.2, 0.25) is 0 Å². The molecule has 0 radical (unpaired) electrons. The summed E-state index contributed by atoms with van der Waals surface area (Å²) < 4.78 is 1.09. The molecule has 2 heterocycles. The Balaban J connectivity index is 0.000000290. The molecule has 0 aliphatic heterocycles. The van der Waals surface area contributed by atoms with Crippen LogP contribution in [0.4, 0.5) is 0 Å². The van der Waals surface area contributed by atoms with Crippen LogP contribution < -0.4 is 0 Å². The van der Waals surface area contributed by atoms with E-state index in [1.807, 2.05) is 24.3 Å². The summed E-state index contributed by atoms with van der Waals surface area (Å²) in [5.74, 6) is -0.597. The second kappa shape index (κ2) is 25.0. The van der Waals surface area contributed by atoms with Crippen molar-refractivity contribution >= 4 is 50.5 Å². The molecule has 2 aromatic rings. The van der Waals surface area contributed by atoms with Gasteiger partial charge in [0.05, 0.1) is 24.4 Å². The lowest BCUT2D eigenvalue weighted by molar-refractivity contribution is -0.138. The lowest BCUT2D eigenvalue weighted by Gasteiger charge is -2.18. The molecule has 2 fully saturated rings. The minimum Gasteiger partial charge on any atom is -0.481 e. The number of allylic oxidation sites excluding steroid dienone is 6. The van der Waals surface area contributed by atoms with E-state index in [9.17, 15) is 30.0 Å². The van der Waals surface area contributed by atoms with Gasteiger partial charge in [0, 0.05) is 43.2 Å². The first-order chi connectivity index (χ1) is 25.8. The van der Waals surface area contributed by atoms with E-state index < -0.39 is 24.1 Å². The lowest BCUT2D eigenvalue weighted by atomic mass is 9.90. The van der Waals surface area contributed by atoms with Crippen molar-refractivity contribution in [3.63, 3.8) is 0 Å². The summed E-state index contributed by atoms with van der Waals surface area (Å²) in [6.45, 7) is 4.15. The van der Waals surface area contributed by atoms with Crippen LogP contribution in [0.15, 0.2) is 71.3 Å². The monoisotopic (exact) mass is 848 g/mol. The number of aliphatic carboxylic acids is 2. The predicted molar refractivity (Wildman–Crippen MR) is 223 cm³/mol. The normalized spacial score (nSPS) is 24.2. The van der Waals surface area contributed by atoms with Gasteiger partial charge in [0.15, 0.2) is 0 Å². The van der Waals surface area contributed by atoms with E-state index >= 15 is 0 Å². The van der Waals surface area contributed by atoms with Crippen LogP contribution in [-0.4, -0.2) is 67.0 Å². The topological polar surface area (TPSA) is 156 Å². The quantitative estimate of drug-likeness (QED) is 0.0537. The maximum Gasteiger partial charge on any atom is 0.303 e. The third-order valence-corrected chi connectivity index (χ3v) is 13.5. The third kappa shape index (κ3) is 17.6. The number of aliphatic hydroxyl groups excluding tert-OH is 4. The molecule has 0 bridgehead atoms. The first-order valence-electron chi connectivity index (χ1n) is 19.4. The molecule has 4 rings (SSSR count). The molecule has 6 N–H and O–H groups in total. The third-order valence-electron chi connectivity index (χ3n) is 10.3. The SMILES string of the molecule is Cc1ccc(CC[C@H](O)/C=C/[C@H]2CCC(O)[C@@H]2C/C=C\CCCC(=O)O)s1.Cc1sc(C[C@H](O)/C=C/[C@H]2CCC(O)[C@@H]2C/C=C\CCCC(=O)O)cc1Br. The van der Waals surface area contributed by atoms with Gasteiger partial charge in [-0.3, -0.25) is 9.59 Å². The number of carboxylic acids is 2. The average molecular weight is 850 g/mol. The van der Waals surface area contributed by atoms with Gasteiger partial charge in [-0.25, -0.2) is 0 Å². The number of hydrogen-bond acceptors (Lipinski definition) is 8. The molecule has 2 unspecified atom stereocenters. The minimum absolute atomic E-state index is 0.169. The van der Waals surface area contributed by atoms with Gasteiger partial charge in [-0.1, -0.05) is 48.6 Å². The summed E-state index contributed by atoms with van der Waals surface area (Å²) in [6.07, 6.45) is 25.0. The number of carboxylic acid groups (broad SMARTS) is 2. The van der Waals surface area contributed by atoms with Crippen LogP contribution in [0.3, 0.4) is 0 Å². The first-order valence-corrected chi connectivity index (χ1v) is 21.9. The van der Waals surface area contributed by atoms with Crippen molar-refractivity contribution in [2.24, 2.45) is 23.7 Å². The van der Waals surface area contributed by atoms with Gasteiger partial charge in [-0.15, -0.1) is 22.7 Å². The Hall–Kier alpha value is -2.38. The zero-order valence-electron chi connectivity index (χ0n) is 31.8. The van der Waals surface area contributed by atoms with E-state index in [-0.39, 0.29) is 42.8 Å². The minimum atomic E-state index is -0.761. The number of aliphatic hydroxyl groups is 4. The Kier molecular flexibility index (Phi) is 21.3. The summed E-state index contributed by atoms with van der Waals surface area (Å²) in [5.41, 5.74) is 0. The Bertz CT molecular complexity index is 1510. The summed E-state index contributed by atoms with van der Waals surface area (Å²) in [5, 5.41) is 58.3. The summed E-state index contributed by atoms with van der Waals surface area (Å²) >= 11 is 6.98. The molecule has 8 atom stereocenters. The van der Waals surface area contributed by atoms with Crippen LogP contribution in [0.1, 0.15) is 103 Å². The summed E-state index contributed by atoms with van der Waals surface area (Å²) in [4.78, 5) is 26.0. The Morgan fingerprint density at radius 3 is 1.78 bits per heavy atom. The van der Waals surface area contributed by atoms with Gasteiger partial charge in [-0.2, -0.15) is 0 Å². The summed E-state index contributed by atoms with van der Waals surface area (Å²) in [7, 11) is 0. The standard InChI is InChI=1S/C22H32O4S.C21H29BrO4S/c1-16-8-13-19(27-16)14-12-18(23)11-9-17-10-15-21(24)20(17)6-4-2-3-5-7-22(25)26;1-14-19(22)13-17(27-14)12-16(23)10-8-15-9-11-20(24)18(15)6-4-2-3-5-7-21(25)26/h2,4,8-9,11,13,17-18,20-21,23-24H,3,5-7,10,12,14-15H2,1H3,(H,25,26);2,4,8,10,13,15-16,18,20,23-24H,3,5-7,9,11-12H2,1H3,(H,25,26)/b4-2-,11-9+;4-2-,10-8+/t17-,18+,20+,21?;15-,16+,18+,20?/m00/s1. The van der Waals surface area contributed by atoms with Crippen LogP contribution in [0.25, 0.3) is 0 Å². The molecule has 2 aliphatic carbocycles. The fourth-order valence-corrected chi connectivity index (χ4v) is 9.78. The number of rotatable bonds is 21. The molecule has 0 spiro atoms. The lowest BCUT2D eigenvalue weighted by Crippen LogP contribution is -2.18. The number of carbonyl (C=O) groups is 2. The zero-order chi connectivity index (χ0) is 39.5. The predicted octanol–water partition coefficient (Wildman–Crippen LogP) is 9.36. The molecule has 0 amide bonds. The van der Waals surface area contributed by atoms with E-state index in [1.165, 1.54) is 14.6 Å². The first kappa shape index (κ1) is 46.0. The van der Waals surface area contributed by atoms with E-state index in [4.69, 9.17) is 10.2 Å². The molecule has 8 nitrogen and oxygen atoms in total. The van der Waals surface area contributed by atoms with Crippen LogP contribution in [0.5, 0.6) is 0 Å². The maximum atomic E-state index is 10.5. The molecule has 2 aliphatic rings. The van der Waals surface area contributed by atoms with Crippen molar-refractivity contribution < 1.29 is 40.2 Å². The van der Waals surface area contributed by atoms with Crippen molar-refractivity contribution in [2.75, 3.05) is 0 Å². The van der Waals surface area contributed by atoms with Gasteiger partial charge < -0.3 is 30.6 Å². The van der Waals surface area contributed by atoms with E-state index in [0.29, 0.717) is 25.2 Å². The Labute approximate surface area is 338 Å². The second-order valence-corrected chi connectivity index (χ2v) is 18.3. The van der Waals surface area contributed by atoms with E-state index in [0.717, 1.165) is 73.6 Å². The molecule has 0 aromatic carbocycles. The van der Waals surface area contributed by atoms with Crippen LogP contribution >= 0.6 is 38.6 Å². The number of unbranched alkanes of at least 4 members (excludes halogenated alkanes) is 2. The fraction of sp³-hybridized carbons (Fsp3) is 0.581. The van der Waals surface area contributed by atoms with Crippen LogP contribution in [0.2, 0.25) is 0 Å². The number of halogens is 1. The largest absolute Gasteiger partial charge is 0.481 e. The zero-order valence-corrected chi connectivity index (χ0v) is 35.0. The van der Waals surface area contributed by atoms with Crippen molar-refractivity contribution in [1.82, 2.24) is 0 Å². The van der Waals surface area contributed by atoms with E-state index in [1.54, 1.807) is 22.7 Å². The highest BCUT2D eigenvalue weighted by Gasteiger charge is 2.33. The molecule has 2 aromatic heterocycles. The van der Waals surface area contributed by atoms with Gasteiger partial charge in [0.25, 0.3) is 0 Å². The van der Waals surface area contributed by atoms with Gasteiger partial charge >= 0.3 is 11.9 Å². The van der Waals surface area contributed by atoms with Crippen molar-refractivity contribution in [1.29, 1.82) is 0 Å². The highest BCUT2D eigenvalue weighted by molar-refractivity contribution is 9.10. The second-order valence-electron chi connectivity index (χ2n) is 14.7. The molecular weight excluding hydrogens is 789 g/mol. The molecule has 54 heavy (non-hydrogen) atoms. The molecule has 2 saturated carbocycles. The van der Waals surface area contributed by atoms with Gasteiger partial charge in [0.1, 0.15) is 0 Å². The maximum absolute atomic E-state index is 10.5. The van der Waals surface area contributed by atoms with Crippen molar-refractivity contribution in [3.05, 3.63) is 90.8 Å². The smallest absolute Gasteiger partial charge is 0.303 e. The number of hydrogen-bond donors (Lipinski definition) is 6. The number of aryl methyl sites for hydroxylation is 3.